The minimum absolute atomic E-state index is 0. The zero-order valence-electron chi connectivity index (χ0n) is 25.6. The van der Waals surface area contributed by atoms with Crippen LogP contribution in [0.15, 0.2) is 42.5 Å². The van der Waals surface area contributed by atoms with Gasteiger partial charge in [0.15, 0.2) is 0 Å². The lowest BCUT2D eigenvalue weighted by Crippen LogP contribution is -2.42. The topological polar surface area (TPSA) is 113 Å². The number of hydrogen-bond donors (Lipinski definition) is 2. The molecule has 4 rings (SSSR count). The van der Waals surface area contributed by atoms with Gasteiger partial charge < -0.3 is 15.2 Å². The predicted octanol–water partition coefficient (Wildman–Crippen LogP) is 5.82. The highest BCUT2D eigenvalue weighted by Gasteiger charge is 2.33. The van der Waals surface area contributed by atoms with E-state index in [4.69, 9.17) is 4.74 Å². The molecule has 3 atom stereocenters. The van der Waals surface area contributed by atoms with Gasteiger partial charge in [-0.15, -0.1) is 0 Å². The van der Waals surface area contributed by atoms with Crippen LogP contribution in [-0.2, 0) is 25.9 Å². The van der Waals surface area contributed by atoms with E-state index in [0.717, 1.165) is 53.9 Å². The summed E-state index contributed by atoms with van der Waals surface area (Å²) < 4.78 is 28.9. The average molecular weight is 647 g/mol. The maximum atomic E-state index is 13.5. The van der Waals surface area contributed by atoms with Crippen molar-refractivity contribution < 1.29 is 27.9 Å². The molecule has 244 valence electrons. The van der Waals surface area contributed by atoms with Gasteiger partial charge in [0.2, 0.25) is 0 Å². The van der Waals surface area contributed by atoms with Gasteiger partial charge in [-0.1, -0.05) is 57.0 Å². The van der Waals surface area contributed by atoms with Crippen molar-refractivity contribution in [3.8, 4) is 11.1 Å². The number of methoxy groups -OCH3 is 1. The molecule has 2 aliphatic rings. The average Bonchev–Trinajstić information content (AvgIpc) is 3.35. The fourth-order valence-corrected chi connectivity index (χ4v) is 8.49. The Bertz CT molecular complexity index is 1360. The summed E-state index contributed by atoms with van der Waals surface area (Å²) >= 11 is 2.12. The van der Waals surface area contributed by atoms with Crippen molar-refractivity contribution in [3.63, 3.8) is 0 Å². The fourth-order valence-electron chi connectivity index (χ4n) is 6.29. The van der Waals surface area contributed by atoms with Crippen molar-refractivity contribution in [2.75, 3.05) is 38.0 Å². The number of hydrogen-bond acceptors (Lipinski definition) is 7. The van der Waals surface area contributed by atoms with Crippen LogP contribution in [0.1, 0.15) is 73.9 Å². The molecule has 1 amide bonds. The summed E-state index contributed by atoms with van der Waals surface area (Å²) in [6.45, 7) is 4.38. The molecule has 44 heavy (non-hydrogen) atoms. The van der Waals surface area contributed by atoms with E-state index < -0.39 is 27.8 Å². The number of ether oxygens (including phenoxy) is 1. The van der Waals surface area contributed by atoms with Gasteiger partial charge in [-0.25, -0.2) is 13.2 Å². The third-order valence-corrected chi connectivity index (χ3v) is 11.1. The molecular weight excluding hydrogens is 597 g/mol. The monoisotopic (exact) mass is 646 g/mol. The lowest BCUT2D eigenvalue weighted by Gasteiger charge is -2.25. The second-order valence-electron chi connectivity index (χ2n) is 12.2. The first-order chi connectivity index (χ1) is 20.5. The Balaban J connectivity index is 0.00000529. The zero-order chi connectivity index (χ0) is 31.0. The van der Waals surface area contributed by atoms with E-state index in [9.17, 15) is 23.1 Å². The van der Waals surface area contributed by atoms with Crippen LogP contribution in [0, 0.1) is 12.8 Å². The standard InChI is InChI=1S/C33H46N2O6S2.CH4/c1-23-9-7-8-12-28(23)30-17-25(13-14-29(30)32(36)34-31(33(37)38)15-16-43(3,39)40)19-35-20-27(18-26(35)21-41-2)42-22-24-10-5-4-6-11-24;/h7-9,12-14,17,24,26-27,31H,4-6,10-11,15-16,18-22H2,1-3H3,(H,34,36)(H,37,38);1H4/t26-,27-,31-;/m0./s1. The van der Waals surface area contributed by atoms with Crippen LogP contribution in [0.25, 0.3) is 11.1 Å². The number of carboxylic acids is 1. The molecule has 1 saturated heterocycles. The molecule has 10 heteroatoms. The number of sulfone groups is 1. The summed E-state index contributed by atoms with van der Waals surface area (Å²) in [5.74, 6) is -0.0487. The molecule has 1 aliphatic heterocycles. The fraction of sp³-hybridized carbons (Fsp3) is 0.588. The van der Waals surface area contributed by atoms with E-state index in [0.29, 0.717) is 23.5 Å². The number of aryl methyl sites for hydroxylation is 1. The third kappa shape index (κ3) is 10.3. The first-order valence-electron chi connectivity index (χ1n) is 15.3. The van der Waals surface area contributed by atoms with E-state index >= 15 is 0 Å². The number of nitrogens with one attached hydrogen (secondary N) is 1. The number of aliphatic carboxylic acids is 1. The Kier molecular flexibility index (Phi) is 13.8. The van der Waals surface area contributed by atoms with Crippen molar-refractivity contribution in [2.24, 2.45) is 5.92 Å². The van der Waals surface area contributed by atoms with E-state index in [1.165, 1.54) is 37.9 Å². The van der Waals surface area contributed by atoms with Gasteiger partial charge >= 0.3 is 5.97 Å². The maximum Gasteiger partial charge on any atom is 0.326 e. The Morgan fingerprint density at radius 1 is 1.11 bits per heavy atom. The van der Waals surface area contributed by atoms with Crippen LogP contribution in [-0.4, -0.2) is 85.7 Å². The van der Waals surface area contributed by atoms with Crippen LogP contribution >= 0.6 is 11.8 Å². The molecule has 0 spiro atoms. The molecule has 1 aliphatic carbocycles. The highest BCUT2D eigenvalue weighted by Crippen LogP contribution is 2.35. The molecule has 0 aromatic heterocycles. The number of carboxylic acid groups (broad SMARTS) is 1. The molecule has 1 saturated carbocycles. The first kappa shape index (κ1) is 36.1. The summed E-state index contributed by atoms with van der Waals surface area (Å²) in [5.41, 5.74) is 4.05. The molecular formula is C34H50N2O6S2. The maximum absolute atomic E-state index is 13.5. The Morgan fingerprint density at radius 3 is 2.50 bits per heavy atom. The van der Waals surface area contributed by atoms with Crippen LogP contribution < -0.4 is 5.32 Å². The highest BCUT2D eigenvalue weighted by atomic mass is 32.2. The normalized spacial score (nSPS) is 20.2. The Labute approximate surface area is 268 Å². The lowest BCUT2D eigenvalue weighted by atomic mass is 9.91. The summed E-state index contributed by atoms with van der Waals surface area (Å²) in [4.78, 5) is 27.8. The van der Waals surface area contributed by atoms with Crippen molar-refractivity contribution in [3.05, 3.63) is 59.2 Å². The number of benzene rings is 2. The smallest absolute Gasteiger partial charge is 0.326 e. The quantitative estimate of drug-likeness (QED) is 0.264. The minimum atomic E-state index is -3.38. The van der Waals surface area contributed by atoms with Crippen molar-refractivity contribution in [1.82, 2.24) is 10.2 Å². The minimum Gasteiger partial charge on any atom is -0.480 e. The number of rotatable bonds is 14. The second kappa shape index (κ2) is 16.8. The predicted molar refractivity (Wildman–Crippen MR) is 180 cm³/mol. The van der Waals surface area contributed by atoms with Gasteiger partial charge in [0, 0.05) is 43.3 Å². The van der Waals surface area contributed by atoms with E-state index in [1.807, 2.05) is 43.3 Å². The first-order valence-corrected chi connectivity index (χ1v) is 18.4. The number of carbonyl (C=O) groups excluding carboxylic acids is 1. The van der Waals surface area contributed by atoms with Crippen LogP contribution in [0.5, 0.6) is 0 Å². The summed E-state index contributed by atoms with van der Waals surface area (Å²) in [7, 11) is -1.62. The molecule has 2 aromatic rings. The largest absolute Gasteiger partial charge is 0.480 e. The second-order valence-corrected chi connectivity index (χ2v) is 15.8. The van der Waals surface area contributed by atoms with E-state index in [-0.39, 0.29) is 19.6 Å². The van der Waals surface area contributed by atoms with Gasteiger partial charge in [0.05, 0.1) is 12.4 Å². The van der Waals surface area contributed by atoms with Gasteiger partial charge in [-0.05, 0) is 78.7 Å². The van der Waals surface area contributed by atoms with E-state index in [1.54, 1.807) is 13.2 Å². The summed E-state index contributed by atoms with van der Waals surface area (Å²) in [6, 6.07) is 12.6. The third-order valence-electron chi connectivity index (χ3n) is 8.67. The molecule has 2 fully saturated rings. The molecule has 2 N–H and O–H groups in total. The number of carbonyl (C=O) groups is 2. The molecule has 0 unspecified atom stereocenters. The molecule has 0 bridgehead atoms. The van der Waals surface area contributed by atoms with Crippen LogP contribution in [0.4, 0.5) is 0 Å². The zero-order valence-corrected chi connectivity index (χ0v) is 27.2. The van der Waals surface area contributed by atoms with Gasteiger partial charge in [0.25, 0.3) is 5.91 Å². The summed E-state index contributed by atoms with van der Waals surface area (Å²) in [6.07, 6.45) is 8.77. The Hall–Kier alpha value is -2.40. The Morgan fingerprint density at radius 2 is 1.84 bits per heavy atom. The number of likely N-dealkylation sites (tertiary alicyclic amines) is 1. The van der Waals surface area contributed by atoms with Gasteiger partial charge in [-0.2, -0.15) is 11.8 Å². The molecule has 0 radical (unpaired) electrons. The van der Waals surface area contributed by atoms with Crippen molar-refractivity contribution >= 4 is 33.5 Å². The molecule has 8 nitrogen and oxygen atoms in total. The van der Waals surface area contributed by atoms with Crippen molar-refractivity contribution in [2.45, 2.75) is 83.2 Å². The SMILES string of the molecule is C.COC[C@@H]1C[C@H](SCC2CCCCC2)CN1Cc1ccc(C(=O)N[C@@H](CCS(C)(=O)=O)C(=O)O)c(-c2ccccc2C)c1. The van der Waals surface area contributed by atoms with Gasteiger partial charge in [0.1, 0.15) is 15.9 Å². The van der Waals surface area contributed by atoms with Crippen LogP contribution in [0.2, 0.25) is 0 Å². The van der Waals surface area contributed by atoms with Crippen LogP contribution in [0.3, 0.4) is 0 Å². The highest BCUT2D eigenvalue weighted by molar-refractivity contribution is 7.99. The van der Waals surface area contributed by atoms with Crippen molar-refractivity contribution in [1.29, 1.82) is 0 Å². The number of thioether (sulfide) groups is 1. The number of amides is 1. The van der Waals surface area contributed by atoms with E-state index in [2.05, 4.69) is 22.0 Å². The van der Waals surface area contributed by atoms with Gasteiger partial charge in [-0.3, -0.25) is 9.69 Å². The lowest BCUT2D eigenvalue weighted by molar-refractivity contribution is -0.139. The number of nitrogens with zero attached hydrogens (tertiary/aromatic N) is 1. The molecule has 2 aromatic carbocycles. The summed E-state index contributed by atoms with van der Waals surface area (Å²) in [5, 5.41) is 12.8. The molecule has 1 heterocycles.